The zero-order chi connectivity index (χ0) is 6.57. The van der Waals surface area contributed by atoms with Gasteiger partial charge in [-0.25, -0.2) is 4.39 Å². The second kappa shape index (κ2) is 3.37. The number of carbonyl (C=O) groups is 1. The van der Waals surface area contributed by atoms with E-state index in [4.69, 9.17) is 10.2 Å². The van der Waals surface area contributed by atoms with Crippen LogP contribution in [-0.2, 0) is 4.79 Å². The third kappa shape index (κ3) is 3.55. The van der Waals surface area contributed by atoms with Crippen LogP contribution in [0.1, 0.15) is 6.42 Å². The lowest BCUT2D eigenvalue weighted by atomic mass is 10.3. The summed E-state index contributed by atoms with van der Waals surface area (Å²) in [7, 11) is 0. The van der Waals surface area contributed by atoms with Crippen molar-refractivity contribution >= 4 is 5.97 Å². The predicted octanol–water partition coefficient (Wildman–Crippen LogP) is -0.209. The molecule has 0 rings (SSSR count). The van der Waals surface area contributed by atoms with Gasteiger partial charge in [-0.1, -0.05) is 0 Å². The fourth-order valence-corrected chi connectivity index (χ4v) is 0.256. The van der Waals surface area contributed by atoms with Gasteiger partial charge in [-0.15, -0.1) is 0 Å². The molecular formula is C4H7FO3. The minimum absolute atomic E-state index is 0.517. The molecule has 3 nitrogen and oxygen atoms in total. The van der Waals surface area contributed by atoms with Crippen LogP contribution in [0.2, 0.25) is 0 Å². The number of hydrogen-bond donors (Lipinski definition) is 2. The lowest BCUT2D eigenvalue weighted by Crippen LogP contribution is -2.14. The summed E-state index contributed by atoms with van der Waals surface area (Å²) in [6, 6.07) is 0. The molecule has 0 heterocycles. The summed E-state index contributed by atoms with van der Waals surface area (Å²) >= 11 is 0. The van der Waals surface area contributed by atoms with E-state index in [1.165, 1.54) is 0 Å². The Kier molecular flexibility index (Phi) is 3.10. The number of rotatable bonds is 3. The minimum atomic E-state index is -1.34. The van der Waals surface area contributed by atoms with Gasteiger partial charge >= 0.3 is 5.97 Å². The molecule has 48 valence electrons. The van der Waals surface area contributed by atoms with Gasteiger partial charge in [0.1, 0.15) is 6.67 Å². The first-order valence-electron chi connectivity index (χ1n) is 2.12. The topological polar surface area (TPSA) is 57.5 Å². The maximum Gasteiger partial charge on any atom is 0.306 e. The molecule has 8 heavy (non-hydrogen) atoms. The minimum Gasteiger partial charge on any atom is -0.481 e. The second-order valence-electron chi connectivity index (χ2n) is 1.41. The largest absolute Gasteiger partial charge is 0.481 e. The standard InChI is InChI=1S/C4H7FO3/c5-2-3(6)1-4(7)8/h3,6H,1-2H2,(H,7,8)/t3-/m0/s1. The highest BCUT2D eigenvalue weighted by molar-refractivity contribution is 5.67. The Morgan fingerprint density at radius 1 is 1.75 bits per heavy atom. The Labute approximate surface area is 45.7 Å². The third-order valence-corrected chi connectivity index (χ3v) is 0.588. The molecule has 0 saturated carbocycles. The quantitative estimate of drug-likeness (QED) is 0.544. The smallest absolute Gasteiger partial charge is 0.306 e. The summed E-state index contributed by atoms with van der Waals surface area (Å²) in [5.41, 5.74) is 0. The van der Waals surface area contributed by atoms with Crippen molar-refractivity contribution in [2.24, 2.45) is 0 Å². The van der Waals surface area contributed by atoms with Crippen LogP contribution in [0.15, 0.2) is 0 Å². The highest BCUT2D eigenvalue weighted by Gasteiger charge is 2.06. The van der Waals surface area contributed by atoms with E-state index in [-0.39, 0.29) is 0 Å². The van der Waals surface area contributed by atoms with Crippen LogP contribution in [0, 0.1) is 0 Å². The summed E-state index contributed by atoms with van der Waals surface area (Å²) in [6.07, 6.45) is -1.86. The first-order valence-corrected chi connectivity index (χ1v) is 2.12. The number of carboxylic acids is 1. The number of halogens is 1. The van der Waals surface area contributed by atoms with Gasteiger partial charge in [0.15, 0.2) is 0 Å². The van der Waals surface area contributed by atoms with Gasteiger partial charge in [0.2, 0.25) is 0 Å². The summed E-state index contributed by atoms with van der Waals surface area (Å²) in [4.78, 5) is 9.64. The van der Waals surface area contributed by atoms with Crippen molar-refractivity contribution in [2.45, 2.75) is 12.5 Å². The van der Waals surface area contributed by atoms with Crippen LogP contribution in [-0.4, -0.2) is 29.0 Å². The molecule has 0 aromatic carbocycles. The number of aliphatic carboxylic acids is 1. The first kappa shape index (κ1) is 7.36. The van der Waals surface area contributed by atoms with E-state index in [2.05, 4.69) is 0 Å². The molecular weight excluding hydrogens is 115 g/mol. The number of aliphatic hydroxyl groups is 1. The Balaban J connectivity index is 3.24. The molecule has 0 radical (unpaired) electrons. The van der Waals surface area contributed by atoms with Crippen molar-refractivity contribution in [3.8, 4) is 0 Å². The van der Waals surface area contributed by atoms with Gasteiger partial charge in [-0.2, -0.15) is 0 Å². The molecule has 0 amide bonds. The fraction of sp³-hybridized carbons (Fsp3) is 0.750. The SMILES string of the molecule is O=C(O)C[C@H](O)CF. The van der Waals surface area contributed by atoms with Gasteiger partial charge in [-0.3, -0.25) is 4.79 Å². The van der Waals surface area contributed by atoms with Crippen molar-refractivity contribution in [1.29, 1.82) is 0 Å². The van der Waals surface area contributed by atoms with Crippen LogP contribution in [0.25, 0.3) is 0 Å². The van der Waals surface area contributed by atoms with Gasteiger partial charge in [0.25, 0.3) is 0 Å². The van der Waals surface area contributed by atoms with Crippen LogP contribution in [0.5, 0.6) is 0 Å². The van der Waals surface area contributed by atoms with E-state index < -0.39 is 25.2 Å². The summed E-state index contributed by atoms with van der Waals surface area (Å²) < 4.78 is 11.2. The molecule has 0 aliphatic carbocycles. The molecule has 0 unspecified atom stereocenters. The van der Waals surface area contributed by atoms with Crippen molar-refractivity contribution in [3.05, 3.63) is 0 Å². The molecule has 0 aliphatic heterocycles. The van der Waals surface area contributed by atoms with Crippen LogP contribution < -0.4 is 0 Å². The van der Waals surface area contributed by atoms with Crippen LogP contribution in [0.3, 0.4) is 0 Å². The fourth-order valence-electron chi connectivity index (χ4n) is 0.256. The Bertz CT molecular complexity index is 83.4. The summed E-state index contributed by atoms with van der Waals surface area (Å²) in [5, 5.41) is 16.2. The molecule has 0 bridgehead atoms. The van der Waals surface area contributed by atoms with E-state index >= 15 is 0 Å². The molecule has 0 fully saturated rings. The average Bonchev–Trinajstić information content (AvgIpc) is 1.65. The second-order valence-corrected chi connectivity index (χ2v) is 1.41. The van der Waals surface area contributed by atoms with E-state index in [9.17, 15) is 9.18 Å². The number of aliphatic hydroxyl groups excluding tert-OH is 1. The Morgan fingerprint density at radius 2 is 2.25 bits per heavy atom. The van der Waals surface area contributed by atoms with E-state index in [1.54, 1.807) is 0 Å². The van der Waals surface area contributed by atoms with E-state index in [0.29, 0.717) is 0 Å². The molecule has 0 saturated heterocycles. The first-order chi connectivity index (χ1) is 3.66. The van der Waals surface area contributed by atoms with Gasteiger partial charge in [0.05, 0.1) is 12.5 Å². The zero-order valence-corrected chi connectivity index (χ0v) is 4.17. The zero-order valence-electron chi connectivity index (χ0n) is 4.17. The normalized spacial score (nSPS) is 13.2. The maximum absolute atomic E-state index is 11.2. The summed E-state index contributed by atoms with van der Waals surface area (Å²) in [6.45, 7) is -0.994. The molecule has 0 aromatic rings. The van der Waals surface area contributed by atoms with Gasteiger partial charge in [0, 0.05) is 0 Å². The van der Waals surface area contributed by atoms with Gasteiger partial charge in [-0.05, 0) is 0 Å². The number of alkyl halides is 1. The van der Waals surface area contributed by atoms with Crippen molar-refractivity contribution in [2.75, 3.05) is 6.67 Å². The lowest BCUT2D eigenvalue weighted by Gasteiger charge is -1.97. The molecule has 1 atom stereocenters. The molecule has 0 spiro atoms. The molecule has 2 N–H and O–H groups in total. The summed E-state index contributed by atoms with van der Waals surface area (Å²) in [5.74, 6) is -1.19. The lowest BCUT2D eigenvalue weighted by molar-refractivity contribution is -0.139. The van der Waals surface area contributed by atoms with Crippen molar-refractivity contribution in [1.82, 2.24) is 0 Å². The third-order valence-electron chi connectivity index (χ3n) is 0.588. The van der Waals surface area contributed by atoms with Crippen molar-refractivity contribution < 1.29 is 19.4 Å². The molecule has 4 heteroatoms. The highest BCUT2D eigenvalue weighted by Crippen LogP contribution is 1.90. The number of carboxylic acid groups (broad SMARTS) is 1. The van der Waals surface area contributed by atoms with Crippen LogP contribution in [0.4, 0.5) is 4.39 Å². The molecule has 0 aromatic heterocycles. The van der Waals surface area contributed by atoms with Crippen LogP contribution >= 0.6 is 0 Å². The Morgan fingerprint density at radius 3 is 2.38 bits per heavy atom. The van der Waals surface area contributed by atoms with E-state index in [0.717, 1.165) is 0 Å². The average molecular weight is 122 g/mol. The monoisotopic (exact) mass is 122 g/mol. The molecule has 0 aliphatic rings. The maximum atomic E-state index is 11.2. The van der Waals surface area contributed by atoms with E-state index in [1.807, 2.05) is 0 Å². The van der Waals surface area contributed by atoms with Crippen molar-refractivity contribution in [3.63, 3.8) is 0 Å². The highest BCUT2D eigenvalue weighted by atomic mass is 19.1. The Hall–Kier alpha value is -0.640. The van der Waals surface area contributed by atoms with Gasteiger partial charge < -0.3 is 10.2 Å². The predicted molar refractivity (Wildman–Crippen MR) is 24.2 cm³/mol. The number of hydrogen-bond acceptors (Lipinski definition) is 2.